The van der Waals surface area contributed by atoms with Crippen molar-refractivity contribution in [3.8, 4) is 5.75 Å². The van der Waals surface area contributed by atoms with Gasteiger partial charge in [-0.25, -0.2) is 4.98 Å². The maximum absolute atomic E-state index is 9.89. The summed E-state index contributed by atoms with van der Waals surface area (Å²) in [6.45, 7) is 0. The van der Waals surface area contributed by atoms with Gasteiger partial charge in [-0.1, -0.05) is 47.7 Å². The summed E-state index contributed by atoms with van der Waals surface area (Å²) < 4.78 is 1.09. The molecule has 0 saturated carbocycles. The Hall–Kier alpha value is -2.79. The number of hydrogen-bond donors (Lipinski definition) is 1. The molecule has 1 N–H and O–H groups in total. The van der Waals surface area contributed by atoms with Crippen LogP contribution in [-0.2, 0) is 0 Å². The summed E-state index contributed by atoms with van der Waals surface area (Å²) in [5, 5.41) is 20.7. The Labute approximate surface area is 130 Å². The molecular weight excluding hydrogens is 294 g/mol. The van der Waals surface area contributed by atoms with Gasteiger partial charge >= 0.3 is 0 Å². The lowest BCUT2D eigenvalue weighted by Gasteiger charge is -2.02. The van der Waals surface area contributed by atoms with Crippen LogP contribution in [0.15, 0.2) is 70.9 Å². The second-order valence-electron chi connectivity index (χ2n) is 4.81. The summed E-state index contributed by atoms with van der Waals surface area (Å²) >= 11 is 1.50. The smallest absolute Gasteiger partial charge is 0.231 e. The number of thiazole rings is 1. The Bertz CT molecular complexity index is 974. The van der Waals surface area contributed by atoms with Crippen LogP contribution in [0.3, 0.4) is 0 Å². The van der Waals surface area contributed by atoms with E-state index in [-0.39, 0.29) is 5.75 Å². The van der Waals surface area contributed by atoms with Crippen molar-refractivity contribution in [3.05, 3.63) is 60.7 Å². The molecule has 1 heterocycles. The van der Waals surface area contributed by atoms with Crippen LogP contribution in [-0.4, -0.2) is 10.1 Å². The fraction of sp³-hybridized carbons (Fsp3) is 0. The number of benzene rings is 3. The summed E-state index contributed by atoms with van der Waals surface area (Å²) in [6.07, 6.45) is 0. The number of azo groups is 1. The second-order valence-corrected chi connectivity index (χ2v) is 5.82. The van der Waals surface area contributed by atoms with Crippen molar-refractivity contribution in [1.82, 2.24) is 4.98 Å². The summed E-state index contributed by atoms with van der Waals surface area (Å²) in [5.74, 6) is 0.245. The standard InChI is InChI=1S/C17H11N3OS/c21-15-10-9-13(11-5-1-2-6-12(11)15)19-20-17-18-14-7-3-4-8-16(14)22-17/h1-10,21H. The highest BCUT2D eigenvalue weighted by Gasteiger charge is 2.05. The van der Waals surface area contributed by atoms with Gasteiger partial charge in [-0.3, -0.25) is 0 Å². The first-order chi connectivity index (χ1) is 10.8. The normalized spacial score (nSPS) is 11.6. The average Bonchev–Trinajstić information content (AvgIpc) is 2.97. The van der Waals surface area contributed by atoms with E-state index < -0.39 is 0 Å². The predicted molar refractivity (Wildman–Crippen MR) is 89.4 cm³/mol. The quantitative estimate of drug-likeness (QED) is 0.492. The van der Waals surface area contributed by atoms with E-state index in [1.54, 1.807) is 12.1 Å². The topological polar surface area (TPSA) is 57.8 Å². The Balaban J connectivity index is 1.78. The van der Waals surface area contributed by atoms with Crippen LogP contribution < -0.4 is 0 Å². The number of hydrogen-bond acceptors (Lipinski definition) is 5. The van der Waals surface area contributed by atoms with Crippen LogP contribution in [0, 0.1) is 0 Å². The van der Waals surface area contributed by atoms with Crippen molar-refractivity contribution in [1.29, 1.82) is 0 Å². The fourth-order valence-electron chi connectivity index (χ4n) is 2.35. The molecule has 106 valence electrons. The van der Waals surface area contributed by atoms with Crippen molar-refractivity contribution in [2.24, 2.45) is 10.2 Å². The molecule has 1 aromatic heterocycles. The molecule has 5 heteroatoms. The van der Waals surface area contributed by atoms with E-state index in [0.29, 0.717) is 10.8 Å². The van der Waals surface area contributed by atoms with Crippen LogP contribution in [0.2, 0.25) is 0 Å². The third-order valence-corrected chi connectivity index (χ3v) is 4.32. The van der Waals surface area contributed by atoms with Gasteiger partial charge in [0.05, 0.1) is 15.9 Å². The fourth-order valence-corrected chi connectivity index (χ4v) is 3.14. The number of nitrogens with zero attached hydrogens (tertiary/aromatic N) is 3. The van der Waals surface area contributed by atoms with Crippen LogP contribution in [0.25, 0.3) is 21.0 Å². The monoisotopic (exact) mass is 305 g/mol. The molecule has 0 atom stereocenters. The molecule has 0 fully saturated rings. The maximum Gasteiger partial charge on any atom is 0.231 e. The number of aromatic hydroxyl groups is 1. The molecule has 0 aliphatic rings. The van der Waals surface area contributed by atoms with E-state index >= 15 is 0 Å². The number of phenolic OH excluding ortho intramolecular Hbond substituents is 1. The zero-order chi connectivity index (χ0) is 14.9. The molecule has 0 bridgehead atoms. The zero-order valence-electron chi connectivity index (χ0n) is 11.5. The molecular formula is C17H11N3OS. The van der Waals surface area contributed by atoms with Crippen LogP contribution >= 0.6 is 11.3 Å². The molecule has 4 rings (SSSR count). The van der Waals surface area contributed by atoms with Crippen LogP contribution in [0.4, 0.5) is 10.8 Å². The van der Waals surface area contributed by atoms with E-state index in [0.717, 1.165) is 21.0 Å². The largest absolute Gasteiger partial charge is 0.507 e. The van der Waals surface area contributed by atoms with Gasteiger partial charge in [0, 0.05) is 10.8 Å². The number of para-hydroxylation sites is 1. The predicted octanol–water partition coefficient (Wildman–Crippen LogP) is 5.57. The minimum absolute atomic E-state index is 0.245. The Morgan fingerprint density at radius 1 is 0.818 bits per heavy atom. The van der Waals surface area contributed by atoms with Crippen molar-refractivity contribution in [2.75, 3.05) is 0 Å². The highest BCUT2D eigenvalue weighted by atomic mass is 32.1. The van der Waals surface area contributed by atoms with Gasteiger partial charge in [0.1, 0.15) is 5.75 Å². The Kier molecular flexibility index (Phi) is 3.05. The lowest BCUT2D eigenvalue weighted by atomic mass is 10.1. The summed E-state index contributed by atoms with van der Waals surface area (Å²) in [5.41, 5.74) is 1.64. The molecule has 0 unspecified atom stereocenters. The molecule has 0 aliphatic carbocycles. The Morgan fingerprint density at radius 2 is 1.59 bits per heavy atom. The van der Waals surface area contributed by atoms with E-state index in [1.807, 2.05) is 48.5 Å². The van der Waals surface area contributed by atoms with Gasteiger partial charge in [0.15, 0.2) is 0 Å². The third-order valence-electron chi connectivity index (χ3n) is 3.40. The van der Waals surface area contributed by atoms with Gasteiger partial charge in [-0.2, -0.15) is 0 Å². The van der Waals surface area contributed by atoms with Gasteiger partial charge in [0.25, 0.3) is 0 Å². The molecule has 0 spiro atoms. The van der Waals surface area contributed by atoms with Gasteiger partial charge < -0.3 is 5.11 Å². The lowest BCUT2D eigenvalue weighted by molar-refractivity contribution is 0.481. The SMILES string of the molecule is Oc1ccc(N=Nc2nc3ccccc3s2)c2ccccc12. The summed E-state index contributed by atoms with van der Waals surface area (Å²) in [6, 6.07) is 18.9. The van der Waals surface area contributed by atoms with E-state index in [9.17, 15) is 5.11 Å². The number of phenols is 1. The van der Waals surface area contributed by atoms with Gasteiger partial charge in [-0.15, -0.1) is 10.2 Å². The number of aromatic nitrogens is 1. The Morgan fingerprint density at radius 3 is 2.45 bits per heavy atom. The maximum atomic E-state index is 9.89. The molecule has 4 nitrogen and oxygen atoms in total. The van der Waals surface area contributed by atoms with Gasteiger partial charge in [0.2, 0.25) is 5.13 Å². The summed E-state index contributed by atoms with van der Waals surface area (Å²) in [7, 11) is 0. The molecule has 4 aromatic rings. The first-order valence-corrected chi connectivity index (χ1v) is 7.61. The first kappa shape index (κ1) is 12.9. The average molecular weight is 305 g/mol. The number of rotatable bonds is 2. The molecule has 0 radical (unpaired) electrons. The minimum atomic E-state index is 0.245. The molecule has 22 heavy (non-hydrogen) atoms. The van der Waals surface area contributed by atoms with E-state index in [1.165, 1.54) is 11.3 Å². The van der Waals surface area contributed by atoms with E-state index in [2.05, 4.69) is 15.2 Å². The van der Waals surface area contributed by atoms with Gasteiger partial charge in [-0.05, 0) is 24.3 Å². The minimum Gasteiger partial charge on any atom is -0.507 e. The van der Waals surface area contributed by atoms with Crippen molar-refractivity contribution < 1.29 is 5.11 Å². The van der Waals surface area contributed by atoms with Crippen LogP contribution in [0.5, 0.6) is 5.75 Å². The van der Waals surface area contributed by atoms with Crippen molar-refractivity contribution in [3.63, 3.8) is 0 Å². The summed E-state index contributed by atoms with van der Waals surface area (Å²) in [4.78, 5) is 4.43. The highest BCUT2D eigenvalue weighted by Crippen LogP contribution is 2.34. The highest BCUT2D eigenvalue weighted by molar-refractivity contribution is 7.21. The van der Waals surface area contributed by atoms with Crippen molar-refractivity contribution in [2.45, 2.75) is 0 Å². The van der Waals surface area contributed by atoms with E-state index in [4.69, 9.17) is 0 Å². The molecule has 0 amide bonds. The lowest BCUT2D eigenvalue weighted by Crippen LogP contribution is -1.74. The van der Waals surface area contributed by atoms with Crippen LogP contribution in [0.1, 0.15) is 0 Å². The molecule has 0 saturated heterocycles. The number of fused-ring (bicyclic) bond motifs is 2. The molecule has 0 aliphatic heterocycles. The second kappa shape index (κ2) is 5.20. The zero-order valence-corrected chi connectivity index (χ0v) is 12.3. The third kappa shape index (κ3) is 2.21. The molecule has 3 aromatic carbocycles. The van der Waals surface area contributed by atoms with Crippen molar-refractivity contribution >= 4 is 43.1 Å². The first-order valence-electron chi connectivity index (χ1n) is 6.79.